The van der Waals surface area contributed by atoms with Crippen molar-refractivity contribution in [3.8, 4) is 22.8 Å². The smallest absolute Gasteiger partial charge is 0.162 e. The molecule has 0 atom stereocenters. The van der Waals surface area contributed by atoms with Crippen LogP contribution in [-0.4, -0.2) is 34.9 Å². The predicted molar refractivity (Wildman–Crippen MR) is 78.2 cm³/mol. The standard InChI is InChI=1S/C14H15BrN2O3/c1-8-6-10-11(20-5-4-19-10)7-9(8)13-14(15)17-12(16-13)2-3-18/h6-7,18H,2-5H2,1H3,(H,16,17). The SMILES string of the molecule is Cc1cc2c(cc1-c1nc(CCO)[nH]c1Br)OCCO2. The maximum absolute atomic E-state index is 8.99. The molecule has 1 aromatic carbocycles. The lowest BCUT2D eigenvalue weighted by Gasteiger charge is -2.20. The molecular weight excluding hydrogens is 324 g/mol. The number of halogens is 1. The summed E-state index contributed by atoms with van der Waals surface area (Å²) >= 11 is 3.48. The van der Waals surface area contributed by atoms with Gasteiger partial charge in [-0.2, -0.15) is 0 Å². The second-order valence-electron chi connectivity index (χ2n) is 4.63. The van der Waals surface area contributed by atoms with Crippen LogP contribution in [0.3, 0.4) is 0 Å². The van der Waals surface area contributed by atoms with Gasteiger partial charge >= 0.3 is 0 Å². The van der Waals surface area contributed by atoms with Crippen molar-refractivity contribution in [2.75, 3.05) is 19.8 Å². The van der Waals surface area contributed by atoms with Crippen molar-refractivity contribution >= 4 is 15.9 Å². The molecule has 0 bridgehead atoms. The average Bonchev–Trinajstić information content (AvgIpc) is 2.79. The molecule has 0 spiro atoms. The molecule has 106 valence electrons. The van der Waals surface area contributed by atoms with Crippen LogP contribution in [0.2, 0.25) is 0 Å². The number of aliphatic hydroxyl groups is 1. The Morgan fingerprint density at radius 2 is 2.00 bits per heavy atom. The van der Waals surface area contributed by atoms with Crippen molar-refractivity contribution in [3.05, 3.63) is 28.1 Å². The van der Waals surface area contributed by atoms with Crippen molar-refractivity contribution in [2.45, 2.75) is 13.3 Å². The van der Waals surface area contributed by atoms with Crippen molar-refractivity contribution in [2.24, 2.45) is 0 Å². The van der Waals surface area contributed by atoms with E-state index >= 15 is 0 Å². The summed E-state index contributed by atoms with van der Waals surface area (Å²) in [6, 6.07) is 3.92. The second kappa shape index (κ2) is 5.46. The number of aliphatic hydroxyl groups excluding tert-OH is 1. The lowest BCUT2D eigenvalue weighted by molar-refractivity contribution is 0.171. The summed E-state index contributed by atoms with van der Waals surface area (Å²) in [5.74, 6) is 2.28. The fourth-order valence-corrected chi connectivity index (χ4v) is 2.78. The first-order valence-electron chi connectivity index (χ1n) is 6.45. The number of benzene rings is 1. The average molecular weight is 339 g/mol. The maximum atomic E-state index is 8.99. The molecule has 20 heavy (non-hydrogen) atoms. The molecule has 5 nitrogen and oxygen atoms in total. The molecule has 3 rings (SSSR count). The number of nitrogens with one attached hydrogen (secondary N) is 1. The Balaban J connectivity index is 2.05. The molecule has 2 aromatic rings. The summed E-state index contributed by atoms with van der Waals surface area (Å²) in [4.78, 5) is 7.65. The van der Waals surface area contributed by atoms with E-state index in [2.05, 4.69) is 25.9 Å². The van der Waals surface area contributed by atoms with E-state index in [0.29, 0.717) is 19.6 Å². The minimum Gasteiger partial charge on any atom is -0.486 e. The Morgan fingerprint density at radius 3 is 2.70 bits per heavy atom. The molecule has 0 amide bonds. The highest BCUT2D eigenvalue weighted by molar-refractivity contribution is 9.10. The van der Waals surface area contributed by atoms with E-state index in [9.17, 15) is 0 Å². The summed E-state index contributed by atoms with van der Waals surface area (Å²) in [6.45, 7) is 3.23. The highest BCUT2D eigenvalue weighted by Gasteiger charge is 2.18. The molecule has 0 radical (unpaired) electrons. The summed E-state index contributed by atoms with van der Waals surface area (Å²) in [5, 5.41) is 8.99. The number of aromatic nitrogens is 2. The van der Waals surface area contributed by atoms with Gasteiger partial charge in [-0.05, 0) is 40.5 Å². The van der Waals surface area contributed by atoms with Gasteiger partial charge in [0, 0.05) is 12.0 Å². The summed E-state index contributed by atoms with van der Waals surface area (Å²) < 4.78 is 12.0. The van der Waals surface area contributed by atoms with Crippen molar-refractivity contribution in [1.82, 2.24) is 9.97 Å². The molecule has 0 fully saturated rings. The van der Waals surface area contributed by atoms with Gasteiger partial charge in [-0.1, -0.05) is 0 Å². The number of hydrogen-bond acceptors (Lipinski definition) is 4. The zero-order valence-corrected chi connectivity index (χ0v) is 12.7. The Morgan fingerprint density at radius 1 is 1.30 bits per heavy atom. The predicted octanol–water partition coefficient (Wildman–Crippen LogP) is 2.45. The van der Waals surface area contributed by atoms with Crippen LogP contribution < -0.4 is 9.47 Å². The molecule has 2 heterocycles. The van der Waals surface area contributed by atoms with Crippen LogP contribution in [0.4, 0.5) is 0 Å². The van der Waals surface area contributed by atoms with E-state index in [4.69, 9.17) is 14.6 Å². The third kappa shape index (κ3) is 2.41. The van der Waals surface area contributed by atoms with Gasteiger partial charge < -0.3 is 19.6 Å². The first kappa shape index (κ1) is 13.5. The Kier molecular flexibility index (Phi) is 3.67. The first-order valence-corrected chi connectivity index (χ1v) is 7.24. The normalized spacial score (nSPS) is 13.6. The second-order valence-corrected chi connectivity index (χ2v) is 5.42. The largest absolute Gasteiger partial charge is 0.486 e. The lowest BCUT2D eigenvalue weighted by atomic mass is 10.0. The van der Waals surface area contributed by atoms with E-state index in [1.807, 2.05) is 19.1 Å². The van der Waals surface area contributed by atoms with Crippen molar-refractivity contribution in [1.29, 1.82) is 0 Å². The van der Waals surface area contributed by atoms with Crippen LogP contribution >= 0.6 is 15.9 Å². The molecule has 1 aliphatic heterocycles. The molecule has 0 saturated heterocycles. The molecular formula is C14H15BrN2O3. The van der Waals surface area contributed by atoms with Gasteiger partial charge in [0.15, 0.2) is 11.5 Å². The van der Waals surface area contributed by atoms with Gasteiger partial charge in [0.25, 0.3) is 0 Å². The number of nitrogens with zero attached hydrogens (tertiary/aromatic N) is 1. The number of aryl methyl sites for hydroxylation is 1. The van der Waals surface area contributed by atoms with Crippen LogP contribution in [0.1, 0.15) is 11.4 Å². The zero-order chi connectivity index (χ0) is 14.1. The van der Waals surface area contributed by atoms with E-state index in [1.165, 1.54) is 0 Å². The van der Waals surface area contributed by atoms with Crippen molar-refractivity contribution in [3.63, 3.8) is 0 Å². The monoisotopic (exact) mass is 338 g/mol. The molecule has 1 aromatic heterocycles. The van der Waals surface area contributed by atoms with E-state index in [1.54, 1.807) is 0 Å². The van der Waals surface area contributed by atoms with Gasteiger partial charge in [0.05, 0.1) is 6.61 Å². The molecule has 6 heteroatoms. The Bertz CT molecular complexity index is 640. The third-order valence-electron chi connectivity index (χ3n) is 3.20. The van der Waals surface area contributed by atoms with Crippen molar-refractivity contribution < 1.29 is 14.6 Å². The van der Waals surface area contributed by atoms with Gasteiger partial charge in [-0.3, -0.25) is 0 Å². The van der Waals surface area contributed by atoms with Crippen LogP contribution in [0, 0.1) is 6.92 Å². The zero-order valence-electron chi connectivity index (χ0n) is 11.1. The van der Waals surface area contributed by atoms with Gasteiger partial charge in [0.2, 0.25) is 0 Å². The number of ether oxygens (including phenoxy) is 2. The summed E-state index contributed by atoms with van der Waals surface area (Å²) in [6.07, 6.45) is 0.502. The van der Waals surface area contributed by atoms with Crippen LogP contribution in [0.15, 0.2) is 16.7 Å². The highest BCUT2D eigenvalue weighted by Crippen LogP contribution is 2.38. The molecule has 0 unspecified atom stereocenters. The molecule has 0 aliphatic carbocycles. The van der Waals surface area contributed by atoms with Crippen LogP contribution in [0.5, 0.6) is 11.5 Å². The third-order valence-corrected chi connectivity index (χ3v) is 3.78. The molecule has 0 saturated carbocycles. The van der Waals surface area contributed by atoms with E-state index < -0.39 is 0 Å². The molecule has 2 N–H and O–H groups in total. The Labute approximate surface area is 125 Å². The first-order chi connectivity index (χ1) is 9.69. The fourth-order valence-electron chi connectivity index (χ4n) is 2.25. The fraction of sp³-hybridized carbons (Fsp3) is 0.357. The number of H-pyrrole nitrogens is 1. The minimum absolute atomic E-state index is 0.0690. The van der Waals surface area contributed by atoms with E-state index in [0.717, 1.165) is 38.7 Å². The maximum Gasteiger partial charge on any atom is 0.162 e. The highest BCUT2D eigenvalue weighted by atomic mass is 79.9. The van der Waals surface area contributed by atoms with Gasteiger partial charge in [-0.15, -0.1) is 0 Å². The van der Waals surface area contributed by atoms with Crippen LogP contribution in [-0.2, 0) is 6.42 Å². The quantitative estimate of drug-likeness (QED) is 0.902. The summed E-state index contributed by atoms with van der Waals surface area (Å²) in [5.41, 5.74) is 2.88. The Hall–Kier alpha value is -1.53. The number of imidazole rings is 1. The van der Waals surface area contributed by atoms with E-state index in [-0.39, 0.29) is 6.61 Å². The topological polar surface area (TPSA) is 67.4 Å². The van der Waals surface area contributed by atoms with Gasteiger partial charge in [0.1, 0.15) is 29.3 Å². The number of hydrogen-bond donors (Lipinski definition) is 2. The number of fused-ring (bicyclic) bond motifs is 1. The summed E-state index contributed by atoms with van der Waals surface area (Å²) in [7, 11) is 0. The minimum atomic E-state index is 0.0690. The van der Waals surface area contributed by atoms with Gasteiger partial charge in [-0.25, -0.2) is 4.98 Å². The number of rotatable bonds is 3. The van der Waals surface area contributed by atoms with Crippen LogP contribution in [0.25, 0.3) is 11.3 Å². The number of aromatic amines is 1. The lowest BCUT2D eigenvalue weighted by Crippen LogP contribution is -2.15. The molecule has 1 aliphatic rings.